The minimum absolute atomic E-state index is 0.177. The highest BCUT2D eigenvalue weighted by Crippen LogP contribution is 2.29. The molecule has 0 aliphatic heterocycles. The van der Waals surface area contributed by atoms with Crippen molar-refractivity contribution >= 4 is 27.4 Å². The number of nitrogens with one attached hydrogen (secondary N) is 1. The van der Waals surface area contributed by atoms with Gasteiger partial charge in [-0.2, -0.15) is 5.26 Å². The normalized spacial score (nSPS) is 10.5. The summed E-state index contributed by atoms with van der Waals surface area (Å²) < 4.78 is 6.22. The standard InChI is InChI=1S/C13H10N4OS/c1-8-7-19-12-11(8)16-10(5-14)17-13(12)15-6-9-3-2-4-18-9/h2-4,7H,6H2,1H3,(H,15,16,17). The zero-order valence-electron chi connectivity index (χ0n) is 10.2. The molecule has 0 unspecified atom stereocenters. The van der Waals surface area contributed by atoms with E-state index in [1.165, 1.54) is 0 Å². The van der Waals surface area contributed by atoms with Crippen molar-refractivity contribution in [2.75, 3.05) is 5.32 Å². The van der Waals surface area contributed by atoms with Crippen LogP contribution in [0.4, 0.5) is 5.82 Å². The molecule has 0 radical (unpaired) electrons. The lowest BCUT2D eigenvalue weighted by Crippen LogP contribution is -2.03. The van der Waals surface area contributed by atoms with Gasteiger partial charge < -0.3 is 9.73 Å². The molecule has 0 spiro atoms. The lowest BCUT2D eigenvalue weighted by Gasteiger charge is -2.05. The third-order valence-corrected chi connectivity index (χ3v) is 3.80. The van der Waals surface area contributed by atoms with Crippen molar-refractivity contribution in [1.29, 1.82) is 5.26 Å². The van der Waals surface area contributed by atoms with Crippen LogP contribution in [0.2, 0.25) is 0 Å². The van der Waals surface area contributed by atoms with Crippen LogP contribution in [-0.2, 0) is 6.54 Å². The SMILES string of the molecule is Cc1csc2c(NCc3ccco3)nc(C#N)nc12. The molecule has 3 rings (SSSR count). The summed E-state index contributed by atoms with van der Waals surface area (Å²) in [6.45, 7) is 2.50. The van der Waals surface area contributed by atoms with Crippen LogP contribution < -0.4 is 5.32 Å². The van der Waals surface area contributed by atoms with Crippen LogP contribution >= 0.6 is 11.3 Å². The molecular weight excluding hydrogens is 260 g/mol. The Labute approximate surface area is 113 Å². The molecule has 0 atom stereocenters. The first kappa shape index (κ1) is 11.7. The highest BCUT2D eigenvalue weighted by molar-refractivity contribution is 7.18. The zero-order chi connectivity index (χ0) is 13.2. The fourth-order valence-corrected chi connectivity index (χ4v) is 2.74. The summed E-state index contributed by atoms with van der Waals surface area (Å²) in [6.07, 6.45) is 1.63. The average Bonchev–Trinajstić information content (AvgIpc) is 3.06. The van der Waals surface area contributed by atoms with Crippen LogP contribution in [0.3, 0.4) is 0 Å². The minimum atomic E-state index is 0.177. The number of anilines is 1. The van der Waals surface area contributed by atoms with Gasteiger partial charge in [0.1, 0.15) is 17.6 Å². The van der Waals surface area contributed by atoms with E-state index in [4.69, 9.17) is 9.68 Å². The monoisotopic (exact) mass is 270 g/mol. The van der Waals surface area contributed by atoms with Crippen LogP contribution in [0.1, 0.15) is 17.1 Å². The van der Waals surface area contributed by atoms with Crippen molar-refractivity contribution in [2.45, 2.75) is 13.5 Å². The summed E-state index contributed by atoms with van der Waals surface area (Å²) in [6, 6.07) is 5.71. The molecule has 3 aromatic rings. The van der Waals surface area contributed by atoms with Crippen molar-refractivity contribution < 1.29 is 4.42 Å². The lowest BCUT2D eigenvalue weighted by molar-refractivity contribution is 0.518. The van der Waals surface area contributed by atoms with E-state index < -0.39 is 0 Å². The predicted molar refractivity (Wildman–Crippen MR) is 72.9 cm³/mol. The highest BCUT2D eigenvalue weighted by Gasteiger charge is 2.11. The fraction of sp³-hybridized carbons (Fsp3) is 0.154. The van der Waals surface area contributed by atoms with Gasteiger partial charge in [0, 0.05) is 0 Å². The molecule has 3 aromatic heterocycles. The van der Waals surface area contributed by atoms with Crippen molar-refractivity contribution in [3.63, 3.8) is 0 Å². The Morgan fingerprint density at radius 2 is 2.37 bits per heavy atom. The number of nitrogens with zero attached hydrogens (tertiary/aromatic N) is 3. The number of hydrogen-bond donors (Lipinski definition) is 1. The molecule has 6 heteroatoms. The van der Waals surface area contributed by atoms with Crippen LogP contribution in [0, 0.1) is 18.3 Å². The number of rotatable bonds is 3. The molecule has 0 fully saturated rings. The Morgan fingerprint density at radius 3 is 3.11 bits per heavy atom. The minimum Gasteiger partial charge on any atom is -0.467 e. The smallest absolute Gasteiger partial charge is 0.234 e. The van der Waals surface area contributed by atoms with Crippen molar-refractivity contribution in [2.24, 2.45) is 0 Å². The van der Waals surface area contributed by atoms with E-state index >= 15 is 0 Å². The second-order valence-corrected chi connectivity index (χ2v) is 4.92. The van der Waals surface area contributed by atoms with Crippen LogP contribution in [-0.4, -0.2) is 9.97 Å². The maximum Gasteiger partial charge on any atom is 0.234 e. The second-order valence-electron chi connectivity index (χ2n) is 4.04. The highest BCUT2D eigenvalue weighted by atomic mass is 32.1. The summed E-state index contributed by atoms with van der Waals surface area (Å²) in [7, 11) is 0. The number of furan rings is 1. The van der Waals surface area contributed by atoms with Crippen molar-refractivity contribution in [3.05, 3.63) is 40.9 Å². The molecular formula is C13H10N4OS. The number of aryl methyl sites for hydroxylation is 1. The Morgan fingerprint density at radius 1 is 1.47 bits per heavy atom. The molecule has 0 aliphatic carbocycles. The van der Waals surface area contributed by atoms with E-state index in [0.29, 0.717) is 12.4 Å². The van der Waals surface area contributed by atoms with Gasteiger partial charge in [0.05, 0.1) is 23.0 Å². The fourth-order valence-electron chi connectivity index (χ4n) is 1.79. The molecule has 94 valence electrons. The third kappa shape index (κ3) is 2.16. The third-order valence-electron chi connectivity index (χ3n) is 2.70. The predicted octanol–water partition coefficient (Wildman–Crippen LogP) is 3.08. The number of nitriles is 1. The Balaban J connectivity index is 1.99. The van der Waals surface area contributed by atoms with E-state index in [-0.39, 0.29) is 5.82 Å². The first-order valence-corrected chi connectivity index (χ1v) is 6.58. The van der Waals surface area contributed by atoms with E-state index in [9.17, 15) is 0 Å². The summed E-state index contributed by atoms with van der Waals surface area (Å²) in [4.78, 5) is 8.45. The van der Waals surface area contributed by atoms with E-state index in [0.717, 1.165) is 21.5 Å². The Kier molecular flexibility index (Phi) is 2.89. The van der Waals surface area contributed by atoms with Gasteiger partial charge in [-0.15, -0.1) is 11.3 Å². The molecule has 0 aliphatic rings. The van der Waals surface area contributed by atoms with E-state index in [1.54, 1.807) is 17.6 Å². The quantitative estimate of drug-likeness (QED) is 0.791. The summed E-state index contributed by atoms with van der Waals surface area (Å²) in [5.74, 6) is 1.67. The number of aromatic nitrogens is 2. The van der Waals surface area contributed by atoms with Gasteiger partial charge in [-0.1, -0.05) is 0 Å². The van der Waals surface area contributed by atoms with E-state index in [1.807, 2.05) is 30.5 Å². The van der Waals surface area contributed by atoms with Gasteiger partial charge in [-0.3, -0.25) is 0 Å². The average molecular weight is 270 g/mol. The van der Waals surface area contributed by atoms with Gasteiger partial charge >= 0.3 is 0 Å². The topological polar surface area (TPSA) is 74.7 Å². The van der Waals surface area contributed by atoms with Crippen molar-refractivity contribution in [3.8, 4) is 6.07 Å². The Hall–Kier alpha value is -2.39. The van der Waals surface area contributed by atoms with Gasteiger partial charge in [-0.25, -0.2) is 9.97 Å². The first-order chi connectivity index (χ1) is 9.28. The maximum atomic E-state index is 8.98. The second kappa shape index (κ2) is 4.71. The number of thiophene rings is 1. The van der Waals surface area contributed by atoms with E-state index in [2.05, 4.69) is 15.3 Å². The number of hydrogen-bond acceptors (Lipinski definition) is 6. The molecule has 3 heterocycles. The molecule has 5 nitrogen and oxygen atoms in total. The van der Waals surface area contributed by atoms with Crippen LogP contribution in [0.5, 0.6) is 0 Å². The van der Waals surface area contributed by atoms with Gasteiger partial charge in [-0.05, 0) is 30.0 Å². The van der Waals surface area contributed by atoms with Crippen molar-refractivity contribution in [1.82, 2.24) is 9.97 Å². The maximum absolute atomic E-state index is 8.98. The van der Waals surface area contributed by atoms with Gasteiger partial charge in [0.25, 0.3) is 0 Å². The van der Waals surface area contributed by atoms with Gasteiger partial charge in [0.2, 0.25) is 5.82 Å². The molecule has 0 saturated heterocycles. The summed E-state index contributed by atoms with van der Waals surface area (Å²) >= 11 is 1.57. The molecule has 0 amide bonds. The molecule has 0 bridgehead atoms. The first-order valence-electron chi connectivity index (χ1n) is 5.70. The Bertz CT molecular complexity index is 755. The van der Waals surface area contributed by atoms with Gasteiger partial charge in [0.15, 0.2) is 0 Å². The largest absolute Gasteiger partial charge is 0.467 e. The molecule has 0 aromatic carbocycles. The summed E-state index contributed by atoms with van der Waals surface area (Å²) in [5, 5.41) is 14.2. The zero-order valence-corrected chi connectivity index (χ0v) is 11.0. The number of fused-ring (bicyclic) bond motifs is 1. The molecule has 1 N–H and O–H groups in total. The molecule has 19 heavy (non-hydrogen) atoms. The molecule has 0 saturated carbocycles. The lowest BCUT2D eigenvalue weighted by atomic mass is 10.3. The summed E-state index contributed by atoms with van der Waals surface area (Å²) in [5.41, 5.74) is 1.89. The van der Waals surface area contributed by atoms with Crippen LogP contribution in [0.25, 0.3) is 10.2 Å². The van der Waals surface area contributed by atoms with Crippen LogP contribution in [0.15, 0.2) is 28.2 Å².